The minimum absolute atomic E-state index is 0.0509. The highest BCUT2D eigenvalue weighted by Gasteiger charge is 2.33. The van der Waals surface area contributed by atoms with Crippen LogP contribution in [0.3, 0.4) is 0 Å². The average Bonchev–Trinajstić information content (AvgIpc) is 2.95. The van der Waals surface area contributed by atoms with Gasteiger partial charge in [0.25, 0.3) is 0 Å². The van der Waals surface area contributed by atoms with Crippen molar-refractivity contribution >= 4 is 29.2 Å². The zero-order valence-corrected chi connectivity index (χ0v) is 15.2. The van der Waals surface area contributed by atoms with Gasteiger partial charge in [-0.2, -0.15) is 0 Å². The van der Waals surface area contributed by atoms with Crippen molar-refractivity contribution in [2.45, 2.75) is 49.1 Å². The minimum Gasteiger partial charge on any atom is -0.465 e. The summed E-state index contributed by atoms with van der Waals surface area (Å²) in [5.74, 6) is 0. The van der Waals surface area contributed by atoms with E-state index in [0.29, 0.717) is 6.54 Å². The highest BCUT2D eigenvalue weighted by Crippen LogP contribution is 2.38. The van der Waals surface area contributed by atoms with Gasteiger partial charge in [0.1, 0.15) is 0 Å². The minimum atomic E-state index is -0.784. The van der Waals surface area contributed by atoms with Crippen molar-refractivity contribution < 1.29 is 9.90 Å². The van der Waals surface area contributed by atoms with Gasteiger partial charge in [0.05, 0.1) is 4.21 Å². The van der Waals surface area contributed by atoms with Gasteiger partial charge >= 0.3 is 6.09 Å². The lowest BCUT2D eigenvalue weighted by molar-refractivity contribution is 0.107. The van der Waals surface area contributed by atoms with E-state index in [1.807, 2.05) is 11.8 Å². The number of carbonyl (C=O) groups is 1. The van der Waals surface area contributed by atoms with E-state index in [9.17, 15) is 9.90 Å². The maximum Gasteiger partial charge on any atom is 0.407 e. The first-order valence-electron chi connectivity index (χ1n) is 7.78. The molecule has 0 aliphatic carbocycles. The fraction of sp³-hybridized carbons (Fsp3) is 0.688. The fourth-order valence-corrected chi connectivity index (χ4v) is 4.85. The molecule has 124 valence electrons. The molecule has 1 atom stereocenters. The zero-order valence-electron chi connectivity index (χ0n) is 13.5. The van der Waals surface area contributed by atoms with Crippen LogP contribution in [0.15, 0.2) is 21.7 Å². The van der Waals surface area contributed by atoms with Crippen LogP contribution in [0.2, 0.25) is 0 Å². The van der Waals surface area contributed by atoms with Crippen LogP contribution in [-0.2, 0) is 0 Å². The van der Waals surface area contributed by atoms with Crippen molar-refractivity contribution in [3.05, 3.63) is 17.5 Å². The molecule has 2 rings (SSSR count). The second-order valence-corrected chi connectivity index (χ2v) is 9.27. The number of thioether (sulfide) groups is 1. The third-order valence-corrected chi connectivity index (χ3v) is 6.83. The first kappa shape index (κ1) is 17.6. The lowest BCUT2D eigenvalue weighted by atomic mass is 9.90. The molecular weight excluding hydrogens is 316 g/mol. The predicted octanol–water partition coefficient (Wildman–Crippen LogP) is 3.99. The Kier molecular flexibility index (Phi) is 6.17. The van der Waals surface area contributed by atoms with E-state index in [1.54, 1.807) is 16.2 Å². The highest BCUT2D eigenvalue weighted by atomic mass is 32.2. The average molecular weight is 343 g/mol. The Balaban J connectivity index is 2.10. The molecule has 0 aromatic carbocycles. The summed E-state index contributed by atoms with van der Waals surface area (Å²) in [6, 6.07) is 4.31. The summed E-state index contributed by atoms with van der Waals surface area (Å²) in [4.78, 5) is 13.4. The molecule has 1 aromatic rings. The summed E-state index contributed by atoms with van der Waals surface area (Å²) < 4.78 is 1.26. The van der Waals surface area contributed by atoms with Crippen molar-refractivity contribution in [3.8, 4) is 0 Å². The van der Waals surface area contributed by atoms with E-state index in [4.69, 9.17) is 0 Å². The van der Waals surface area contributed by atoms with Gasteiger partial charge in [-0.3, -0.25) is 0 Å². The van der Waals surface area contributed by atoms with Gasteiger partial charge in [-0.05, 0) is 42.8 Å². The Morgan fingerprint density at radius 3 is 2.68 bits per heavy atom. The van der Waals surface area contributed by atoms with Crippen molar-refractivity contribution in [2.75, 3.05) is 19.6 Å². The fourth-order valence-electron chi connectivity index (χ4n) is 2.64. The molecular formula is C16H26N2O2S2. The maximum absolute atomic E-state index is 11.8. The molecule has 0 bridgehead atoms. The molecule has 4 nitrogen and oxygen atoms in total. The molecule has 1 aromatic heterocycles. The van der Waals surface area contributed by atoms with Gasteiger partial charge < -0.3 is 15.3 Å². The number of nitrogens with one attached hydrogen (secondary N) is 1. The van der Waals surface area contributed by atoms with Gasteiger partial charge in [-0.25, -0.2) is 4.79 Å². The Bertz CT molecular complexity index is 465. The molecule has 0 radical (unpaired) electrons. The molecule has 0 saturated carbocycles. The Hall–Kier alpha value is -0.720. The molecule has 1 unspecified atom stereocenters. The van der Waals surface area contributed by atoms with E-state index >= 15 is 0 Å². The number of hydrogen-bond acceptors (Lipinski definition) is 4. The monoisotopic (exact) mass is 342 g/mol. The van der Waals surface area contributed by atoms with Crippen molar-refractivity contribution in [3.63, 3.8) is 0 Å². The molecule has 2 N–H and O–H groups in total. The smallest absolute Gasteiger partial charge is 0.407 e. The summed E-state index contributed by atoms with van der Waals surface area (Å²) >= 11 is 3.54. The van der Waals surface area contributed by atoms with Crippen molar-refractivity contribution in [1.82, 2.24) is 10.2 Å². The SMILES string of the molecule is CC(C)(C)C(CN(C(=O)O)C1CCNCC1)Sc1cccs1. The standard InChI is InChI=1S/C16H26N2O2S2/c1-16(2,3)13(22-14-5-4-10-21-14)11-18(15(19)20)12-6-8-17-9-7-12/h4-5,10,12-13,17H,6-9,11H2,1-3H3,(H,19,20). The number of thiophene rings is 1. The van der Waals surface area contributed by atoms with E-state index < -0.39 is 6.09 Å². The van der Waals surface area contributed by atoms with Crippen LogP contribution < -0.4 is 5.32 Å². The van der Waals surface area contributed by atoms with Crippen LogP contribution in [0.4, 0.5) is 4.79 Å². The second kappa shape index (κ2) is 7.70. The first-order valence-corrected chi connectivity index (χ1v) is 9.54. The topological polar surface area (TPSA) is 52.6 Å². The number of amides is 1. The van der Waals surface area contributed by atoms with Crippen molar-refractivity contribution in [2.24, 2.45) is 5.41 Å². The first-order chi connectivity index (χ1) is 10.4. The van der Waals surface area contributed by atoms with Crippen LogP contribution in [0.5, 0.6) is 0 Å². The third kappa shape index (κ3) is 4.89. The lowest BCUT2D eigenvalue weighted by Crippen LogP contribution is -2.49. The predicted molar refractivity (Wildman–Crippen MR) is 94.0 cm³/mol. The molecule has 6 heteroatoms. The van der Waals surface area contributed by atoms with Gasteiger partial charge in [-0.15, -0.1) is 23.1 Å². The molecule has 2 heterocycles. The molecule has 0 spiro atoms. The molecule has 22 heavy (non-hydrogen) atoms. The van der Waals surface area contributed by atoms with Crippen LogP contribution >= 0.6 is 23.1 Å². The van der Waals surface area contributed by atoms with E-state index in [0.717, 1.165) is 25.9 Å². The number of nitrogens with zero attached hydrogens (tertiary/aromatic N) is 1. The van der Waals surface area contributed by atoms with Crippen LogP contribution in [0.1, 0.15) is 33.6 Å². The Morgan fingerprint density at radius 2 is 2.18 bits per heavy atom. The summed E-state index contributed by atoms with van der Waals surface area (Å²) in [5.41, 5.74) is 0.0509. The van der Waals surface area contributed by atoms with E-state index in [2.05, 4.69) is 43.6 Å². The molecule has 1 saturated heterocycles. The van der Waals surface area contributed by atoms with Crippen LogP contribution in [0, 0.1) is 5.41 Å². The van der Waals surface area contributed by atoms with Gasteiger partial charge in [0.15, 0.2) is 0 Å². The second-order valence-electron chi connectivity index (χ2n) is 6.82. The largest absolute Gasteiger partial charge is 0.465 e. The normalized spacial score (nSPS) is 18.1. The summed E-state index contributed by atoms with van der Waals surface area (Å²) in [5, 5.41) is 15.3. The molecule has 1 aliphatic rings. The number of hydrogen-bond donors (Lipinski definition) is 2. The maximum atomic E-state index is 11.8. The number of carboxylic acid groups (broad SMARTS) is 1. The van der Waals surface area contributed by atoms with Crippen molar-refractivity contribution in [1.29, 1.82) is 0 Å². The quantitative estimate of drug-likeness (QED) is 0.795. The zero-order chi connectivity index (χ0) is 16.2. The Labute approximate surface area is 141 Å². The summed E-state index contributed by atoms with van der Waals surface area (Å²) in [6.07, 6.45) is 1.03. The van der Waals surface area contributed by atoms with E-state index in [1.165, 1.54) is 4.21 Å². The van der Waals surface area contributed by atoms with Crippen LogP contribution in [-0.4, -0.2) is 47.0 Å². The van der Waals surface area contributed by atoms with Crippen LogP contribution in [0.25, 0.3) is 0 Å². The summed E-state index contributed by atoms with van der Waals surface area (Å²) in [6.45, 7) is 8.99. The molecule has 1 fully saturated rings. The number of rotatable bonds is 5. The van der Waals surface area contributed by atoms with Gasteiger partial charge in [0, 0.05) is 17.8 Å². The third-order valence-electron chi connectivity index (χ3n) is 4.08. The van der Waals surface area contributed by atoms with Gasteiger partial charge in [-0.1, -0.05) is 26.8 Å². The van der Waals surface area contributed by atoms with E-state index in [-0.39, 0.29) is 16.7 Å². The summed E-state index contributed by atoms with van der Waals surface area (Å²) in [7, 11) is 0. The lowest BCUT2D eigenvalue weighted by Gasteiger charge is -2.38. The molecule has 1 amide bonds. The Morgan fingerprint density at radius 1 is 1.50 bits per heavy atom. The highest BCUT2D eigenvalue weighted by molar-refractivity contribution is 8.01. The number of piperidine rings is 1. The van der Waals surface area contributed by atoms with Gasteiger partial charge in [0.2, 0.25) is 0 Å². The molecule has 1 aliphatic heterocycles.